The average Bonchev–Trinajstić information content (AvgIpc) is 3.34. The fraction of sp³-hybridized carbons (Fsp3) is 0.259. The van der Waals surface area contributed by atoms with Crippen LogP contribution in [0.25, 0.3) is 0 Å². The molecule has 6 nitrogen and oxygen atoms in total. The number of hydrazone groups is 1. The maximum atomic E-state index is 13.4. The third-order valence-electron chi connectivity index (χ3n) is 5.72. The van der Waals surface area contributed by atoms with Crippen LogP contribution in [0.5, 0.6) is 17.2 Å². The molecule has 3 aromatic carbocycles. The molecule has 0 spiro atoms. The molecule has 7 heteroatoms. The van der Waals surface area contributed by atoms with Crippen LogP contribution in [0.3, 0.4) is 0 Å². The maximum absolute atomic E-state index is 13.4. The molecule has 0 aliphatic carbocycles. The number of ether oxygens (including phenoxy) is 3. The van der Waals surface area contributed by atoms with E-state index in [0.29, 0.717) is 23.7 Å². The zero-order valence-electron chi connectivity index (χ0n) is 19.6. The highest BCUT2D eigenvalue weighted by Crippen LogP contribution is 2.42. The number of nitrogens with zero attached hydrogens (tertiary/aromatic N) is 2. The van der Waals surface area contributed by atoms with Crippen LogP contribution in [-0.2, 0) is 10.5 Å². The van der Waals surface area contributed by atoms with Gasteiger partial charge in [-0.05, 0) is 41.5 Å². The molecule has 1 aliphatic heterocycles. The van der Waals surface area contributed by atoms with E-state index in [-0.39, 0.29) is 11.9 Å². The fourth-order valence-corrected chi connectivity index (χ4v) is 4.85. The third-order valence-corrected chi connectivity index (χ3v) is 6.71. The van der Waals surface area contributed by atoms with E-state index in [1.165, 1.54) is 5.56 Å². The standard InChI is InChI=1S/C27H28N2O4S/c1-31-21-14-12-20(13-15-21)23-16-24(22-10-7-11-25(32-2)27(22)33-3)29(28-23)26(30)18-34-17-19-8-5-4-6-9-19/h4-15,24H,16-18H2,1-3H3/t24-/m1/s1. The van der Waals surface area contributed by atoms with Crippen LogP contribution in [0.15, 0.2) is 77.9 Å². The summed E-state index contributed by atoms with van der Waals surface area (Å²) in [6, 6.07) is 23.3. The maximum Gasteiger partial charge on any atom is 0.253 e. The normalized spacial score (nSPS) is 15.1. The SMILES string of the molecule is COc1ccc(C2=NN(C(=O)CSCc3ccccc3)[C@@H](c3cccc(OC)c3OC)C2)cc1. The van der Waals surface area contributed by atoms with E-state index in [4.69, 9.17) is 19.3 Å². The van der Waals surface area contributed by atoms with Crippen molar-refractivity contribution in [3.63, 3.8) is 0 Å². The second-order valence-corrected chi connectivity index (χ2v) is 8.78. The van der Waals surface area contributed by atoms with Crippen molar-refractivity contribution in [1.82, 2.24) is 5.01 Å². The van der Waals surface area contributed by atoms with E-state index in [1.54, 1.807) is 38.1 Å². The Hall–Kier alpha value is -3.45. The molecule has 0 fully saturated rings. The van der Waals surface area contributed by atoms with Crippen molar-refractivity contribution >= 4 is 23.4 Å². The minimum Gasteiger partial charge on any atom is -0.497 e. The molecule has 0 saturated heterocycles. The van der Waals surface area contributed by atoms with Crippen molar-refractivity contribution in [3.8, 4) is 17.2 Å². The first-order chi connectivity index (χ1) is 16.6. The van der Waals surface area contributed by atoms with E-state index in [2.05, 4.69) is 12.1 Å². The van der Waals surface area contributed by atoms with Gasteiger partial charge in [0.15, 0.2) is 11.5 Å². The number of carbonyl (C=O) groups is 1. The van der Waals surface area contributed by atoms with E-state index in [9.17, 15) is 4.79 Å². The molecule has 0 unspecified atom stereocenters. The molecule has 4 rings (SSSR count). The summed E-state index contributed by atoms with van der Waals surface area (Å²) in [7, 11) is 4.86. The number of thioether (sulfide) groups is 1. The van der Waals surface area contributed by atoms with Crippen molar-refractivity contribution in [3.05, 3.63) is 89.5 Å². The molecule has 0 saturated carbocycles. The smallest absolute Gasteiger partial charge is 0.253 e. The molecule has 3 aromatic rings. The van der Waals surface area contributed by atoms with Gasteiger partial charge in [-0.1, -0.05) is 42.5 Å². The number of methoxy groups -OCH3 is 3. The first-order valence-electron chi connectivity index (χ1n) is 11.0. The average molecular weight is 477 g/mol. The van der Waals surface area contributed by atoms with Crippen molar-refractivity contribution in [2.24, 2.45) is 5.10 Å². The van der Waals surface area contributed by atoms with Crippen LogP contribution in [0.1, 0.15) is 29.2 Å². The summed E-state index contributed by atoms with van der Waals surface area (Å²) in [6.07, 6.45) is 0.574. The van der Waals surface area contributed by atoms with Gasteiger partial charge >= 0.3 is 0 Å². The Bertz CT molecular complexity index is 1150. The molecule has 1 amide bonds. The summed E-state index contributed by atoms with van der Waals surface area (Å²) in [5.74, 6) is 3.08. The summed E-state index contributed by atoms with van der Waals surface area (Å²) < 4.78 is 16.5. The highest BCUT2D eigenvalue weighted by atomic mass is 32.2. The van der Waals surface area contributed by atoms with E-state index >= 15 is 0 Å². The number of benzene rings is 3. The summed E-state index contributed by atoms with van der Waals surface area (Å²) >= 11 is 1.59. The zero-order valence-corrected chi connectivity index (χ0v) is 20.4. The topological polar surface area (TPSA) is 60.4 Å². The van der Waals surface area contributed by atoms with Crippen LogP contribution in [0.4, 0.5) is 0 Å². The van der Waals surface area contributed by atoms with Crippen molar-refractivity contribution in [2.75, 3.05) is 27.1 Å². The predicted octanol–water partition coefficient (Wildman–Crippen LogP) is 5.32. The molecule has 176 valence electrons. The molecule has 34 heavy (non-hydrogen) atoms. The van der Waals surface area contributed by atoms with Gasteiger partial charge in [0.1, 0.15) is 5.75 Å². The Kier molecular flexibility index (Phi) is 7.75. The third kappa shape index (κ3) is 5.20. The van der Waals surface area contributed by atoms with Gasteiger partial charge in [-0.15, -0.1) is 11.8 Å². The van der Waals surface area contributed by atoms with Crippen LogP contribution in [0, 0.1) is 0 Å². The Labute approximate surface area is 204 Å². The van der Waals surface area contributed by atoms with Gasteiger partial charge in [0.05, 0.1) is 38.8 Å². The summed E-state index contributed by atoms with van der Waals surface area (Å²) in [4.78, 5) is 13.4. The Morgan fingerprint density at radius 3 is 2.38 bits per heavy atom. The lowest BCUT2D eigenvalue weighted by molar-refractivity contribution is -0.130. The Morgan fingerprint density at radius 2 is 1.71 bits per heavy atom. The van der Waals surface area contributed by atoms with Gasteiger partial charge in [0.2, 0.25) is 0 Å². The molecule has 1 atom stereocenters. The number of hydrogen-bond acceptors (Lipinski definition) is 6. The minimum absolute atomic E-state index is 0.0423. The Balaban J connectivity index is 1.60. The molecule has 1 heterocycles. The summed E-state index contributed by atoms with van der Waals surface area (Å²) in [6.45, 7) is 0. The van der Waals surface area contributed by atoms with Crippen molar-refractivity contribution < 1.29 is 19.0 Å². The quantitative estimate of drug-likeness (QED) is 0.418. The van der Waals surface area contributed by atoms with Crippen molar-refractivity contribution in [1.29, 1.82) is 0 Å². The largest absolute Gasteiger partial charge is 0.497 e. The lowest BCUT2D eigenvalue weighted by atomic mass is 9.97. The Morgan fingerprint density at radius 1 is 0.941 bits per heavy atom. The van der Waals surface area contributed by atoms with Crippen LogP contribution >= 0.6 is 11.8 Å². The van der Waals surface area contributed by atoms with Gasteiger partial charge in [0, 0.05) is 17.7 Å². The van der Waals surface area contributed by atoms with Gasteiger partial charge in [-0.2, -0.15) is 5.10 Å². The molecular weight excluding hydrogens is 448 g/mol. The van der Waals surface area contributed by atoms with E-state index in [0.717, 1.165) is 28.3 Å². The molecule has 0 radical (unpaired) electrons. The molecule has 0 N–H and O–H groups in total. The van der Waals surface area contributed by atoms with Gasteiger partial charge in [0.25, 0.3) is 5.91 Å². The highest BCUT2D eigenvalue weighted by Gasteiger charge is 2.35. The zero-order chi connectivity index (χ0) is 23.9. The number of para-hydroxylation sites is 1. The highest BCUT2D eigenvalue weighted by molar-refractivity contribution is 7.99. The van der Waals surface area contributed by atoms with Crippen molar-refractivity contribution in [2.45, 2.75) is 18.2 Å². The molecule has 0 aromatic heterocycles. The second-order valence-electron chi connectivity index (χ2n) is 7.79. The van der Waals surface area contributed by atoms with Crippen LogP contribution in [-0.4, -0.2) is 43.7 Å². The monoisotopic (exact) mass is 476 g/mol. The lowest BCUT2D eigenvalue weighted by Gasteiger charge is -2.24. The summed E-state index contributed by atoms with van der Waals surface area (Å²) in [5.41, 5.74) is 3.87. The second kappa shape index (κ2) is 11.1. The van der Waals surface area contributed by atoms with Gasteiger partial charge in [-0.3, -0.25) is 4.79 Å². The number of carbonyl (C=O) groups excluding carboxylic acids is 1. The first-order valence-corrected chi connectivity index (χ1v) is 12.2. The van der Waals surface area contributed by atoms with Crippen LogP contribution < -0.4 is 14.2 Å². The molecule has 0 bridgehead atoms. The first kappa shape index (κ1) is 23.7. The molecular formula is C27H28N2O4S. The van der Waals surface area contributed by atoms with Crippen LogP contribution in [0.2, 0.25) is 0 Å². The minimum atomic E-state index is -0.285. The fourth-order valence-electron chi connectivity index (χ4n) is 4.01. The lowest BCUT2D eigenvalue weighted by Crippen LogP contribution is -2.29. The van der Waals surface area contributed by atoms with E-state index in [1.807, 2.05) is 60.7 Å². The number of hydrogen-bond donors (Lipinski definition) is 0. The van der Waals surface area contributed by atoms with Gasteiger partial charge in [-0.25, -0.2) is 5.01 Å². The number of rotatable bonds is 9. The van der Waals surface area contributed by atoms with Gasteiger partial charge < -0.3 is 14.2 Å². The number of amides is 1. The summed E-state index contributed by atoms with van der Waals surface area (Å²) in [5, 5.41) is 6.38. The molecule has 1 aliphatic rings. The van der Waals surface area contributed by atoms with E-state index < -0.39 is 0 Å². The predicted molar refractivity (Wildman–Crippen MR) is 136 cm³/mol.